The van der Waals surface area contributed by atoms with Crippen molar-refractivity contribution in [2.24, 2.45) is 11.8 Å². The summed E-state index contributed by atoms with van der Waals surface area (Å²) in [5.74, 6) is -0.459. The van der Waals surface area contributed by atoms with Crippen LogP contribution in [0.4, 0.5) is 0 Å². The molecule has 0 aliphatic heterocycles. The molecular formula is C13H24N4O3. The van der Waals surface area contributed by atoms with Gasteiger partial charge in [-0.2, -0.15) is 0 Å². The third kappa shape index (κ3) is 3.75. The van der Waals surface area contributed by atoms with E-state index in [0.717, 1.165) is 0 Å². The molecule has 1 aromatic rings. The average Bonchev–Trinajstić information content (AvgIpc) is 2.85. The van der Waals surface area contributed by atoms with Crippen LogP contribution in [0.1, 0.15) is 46.4 Å². The summed E-state index contributed by atoms with van der Waals surface area (Å²) in [5, 5.41) is 20.9. The molecule has 2 unspecified atom stereocenters. The number of tetrazole rings is 1. The molecule has 1 aromatic heterocycles. The van der Waals surface area contributed by atoms with Gasteiger partial charge < -0.3 is 9.84 Å². The van der Waals surface area contributed by atoms with E-state index in [-0.39, 0.29) is 6.54 Å². The first-order valence-electron chi connectivity index (χ1n) is 6.88. The van der Waals surface area contributed by atoms with Crippen molar-refractivity contribution in [3.8, 4) is 0 Å². The van der Waals surface area contributed by atoms with Crippen molar-refractivity contribution in [1.29, 1.82) is 0 Å². The van der Waals surface area contributed by atoms with Crippen molar-refractivity contribution in [2.75, 3.05) is 7.11 Å². The summed E-state index contributed by atoms with van der Waals surface area (Å²) in [6.45, 7) is 8.14. The summed E-state index contributed by atoms with van der Waals surface area (Å²) in [6.07, 6.45) is 1.29. The van der Waals surface area contributed by atoms with Crippen LogP contribution < -0.4 is 0 Å². The number of hydrogen-bond donors (Lipinski definition) is 1. The van der Waals surface area contributed by atoms with Gasteiger partial charge in [0.2, 0.25) is 0 Å². The molecule has 114 valence electrons. The van der Waals surface area contributed by atoms with E-state index in [9.17, 15) is 9.90 Å². The summed E-state index contributed by atoms with van der Waals surface area (Å²) in [4.78, 5) is 11.3. The first-order valence-corrected chi connectivity index (χ1v) is 6.88. The summed E-state index contributed by atoms with van der Waals surface area (Å²) in [5.41, 5.74) is -0.607. The minimum absolute atomic E-state index is 0.259. The van der Waals surface area contributed by atoms with Crippen molar-refractivity contribution < 1.29 is 14.6 Å². The third-order valence-electron chi connectivity index (χ3n) is 3.63. The van der Waals surface area contributed by atoms with Gasteiger partial charge in [-0.05, 0) is 36.1 Å². The average molecular weight is 284 g/mol. The summed E-state index contributed by atoms with van der Waals surface area (Å²) in [7, 11) is 1.60. The molecule has 0 amide bonds. The fourth-order valence-electron chi connectivity index (χ4n) is 2.13. The molecule has 7 nitrogen and oxygen atoms in total. The number of carboxylic acids is 1. The monoisotopic (exact) mass is 284 g/mol. The van der Waals surface area contributed by atoms with E-state index in [1.54, 1.807) is 11.8 Å². The predicted octanol–water partition coefficient (Wildman–Crippen LogP) is 1.69. The molecule has 7 heteroatoms. The van der Waals surface area contributed by atoms with Gasteiger partial charge in [0, 0.05) is 7.11 Å². The summed E-state index contributed by atoms with van der Waals surface area (Å²) in [6, 6.07) is 0. The fraction of sp³-hybridized carbons (Fsp3) is 0.846. The molecule has 1 rings (SSSR count). The van der Waals surface area contributed by atoms with Crippen LogP contribution in [0.5, 0.6) is 0 Å². The number of aromatic nitrogens is 4. The Balaban J connectivity index is 2.98. The maximum atomic E-state index is 11.3. The van der Waals surface area contributed by atoms with Crippen LogP contribution in [0, 0.1) is 11.8 Å². The summed E-state index contributed by atoms with van der Waals surface area (Å²) < 4.78 is 7.03. The van der Waals surface area contributed by atoms with Crippen LogP contribution in [-0.4, -0.2) is 38.4 Å². The van der Waals surface area contributed by atoms with Gasteiger partial charge in [-0.25, -0.2) is 4.68 Å². The minimum atomic E-state index is -0.823. The normalized spacial score (nSPS) is 16.1. The fourth-order valence-corrected chi connectivity index (χ4v) is 2.13. The number of nitrogens with zero attached hydrogens (tertiary/aromatic N) is 4. The number of hydrogen-bond acceptors (Lipinski definition) is 5. The maximum Gasteiger partial charge on any atom is 0.308 e. The highest BCUT2D eigenvalue weighted by Crippen LogP contribution is 2.26. The Bertz CT molecular complexity index is 441. The lowest BCUT2D eigenvalue weighted by Crippen LogP contribution is -2.31. The predicted molar refractivity (Wildman–Crippen MR) is 73.0 cm³/mol. The van der Waals surface area contributed by atoms with E-state index in [1.807, 2.05) is 27.7 Å². The third-order valence-corrected chi connectivity index (χ3v) is 3.63. The Labute approximate surface area is 119 Å². The zero-order valence-electron chi connectivity index (χ0n) is 12.8. The first kappa shape index (κ1) is 16.6. The zero-order valence-corrected chi connectivity index (χ0v) is 12.8. The molecule has 1 heterocycles. The Kier molecular flexibility index (Phi) is 5.62. The first-order chi connectivity index (χ1) is 9.34. The van der Waals surface area contributed by atoms with E-state index in [0.29, 0.717) is 24.6 Å². The molecule has 0 aliphatic carbocycles. The van der Waals surface area contributed by atoms with Gasteiger partial charge in [-0.1, -0.05) is 20.8 Å². The highest BCUT2D eigenvalue weighted by Gasteiger charge is 2.32. The Hall–Kier alpha value is -1.50. The van der Waals surface area contributed by atoms with Crippen molar-refractivity contribution in [3.63, 3.8) is 0 Å². The van der Waals surface area contributed by atoms with E-state index >= 15 is 0 Å². The second-order valence-electron chi connectivity index (χ2n) is 5.64. The second kappa shape index (κ2) is 6.78. The van der Waals surface area contributed by atoms with E-state index in [4.69, 9.17) is 4.74 Å². The smallest absolute Gasteiger partial charge is 0.308 e. The summed E-state index contributed by atoms with van der Waals surface area (Å²) >= 11 is 0. The number of carboxylic acid groups (broad SMARTS) is 1. The topological polar surface area (TPSA) is 90.1 Å². The molecule has 0 spiro atoms. The van der Waals surface area contributed by atoms with Crippen LogP contribution in [0.15, 0.2) is 0 Å². The Morgan fingerprint density at radius 1 is 1.50 bits per heavy atom. The van der Waals surface area contributed by atoms with E-state index < -0.39 is 17.5 Å². The van der Waals surface area contributed by atoms with Crippen LogP contribution in [0.2, 0.25) is 0 Å². The van der Waals surface area contributed by atoms with Crippen LogP contribution >= 0.6 is 0 Å². The number of rotatable bonds is 8. The van der Waals surface area contributed by atoms with Crippen molar-refractivity contribution in [3.05, 3.63) is 5.82 Å². The van der Waals surface area contributed by atoms with Crippen molar-refractivity contribution in [2.45, 2.75) is 52.7 Å². The molecule has 0 radical (unpaired) electrons. The quantitative estimate of drug-likeness (QED) is 0.781. The largest absolute Gasteiger partial charge is 0.481 e. The highest BCUT2D eigenvalue weighted by molar-refractivity contribution is 5.69. The van der Waals surface area contributed by atoms with Gasteiger partial charge in [0.1, 0.15) is 5.60 Å². The van der Waals surface area contributed by atoms with Gasteiger partial charge in [0.15, 0.2) is 5.82 Å². The Morgan fingerprint density at radius 3 is 2.60 bits per heavy atom. The number of carbonyl (C=O) groups is 1. The van der Waals surface area contributed by atoms with Crippen LogP contribution in [0.3, 0.4) is 0 Å². The maximum absolute atomic E-state index is 11.3. The molecule has 0 bridgehead atoms. The molecule has 0 saturated heterocycles. The molecule has 0 aromatic carbocycles. The molecule has 0 fully saturated rings. The molecular weight excluding hydrogens is 260 g/mol. The van der Waals surface area contributed by atoms with Crippen molar-refractivity contribution >= 4 is 5.97 Å². The van der Waals surface area contributed by atoms with Crippen LogP contribution in [0.25, 0.3) is 0 Å². The lowest BCUT2D eigenvalue weighted by molar-refractivity contribution is -0.143. The van der Waals surface area contributed by atoms with Gasteiger partial charge >= 0.3 is 5.97 Å². The van der Waals surface area contributed by atoms with Gasteiger partial charge in [0.05, 0.1) is 12.5 Å². The van der Waals surface area contributed by atoms with E-state index in [2.05, 4.69) is 15.5 Å². The molecule has 1 N–H and O–H groups in total. The standard InChI is InChI=1S/C13H24N4O3/c1-6-13(4,20-5)12-14-15-16-17(12)8-10(11(18)19)7-9(2)3/h9-10H,6-8H2,1-5H3,(H,18,19). The zero-order chi connectivity index (χ0) is 15.3. The molecule has 0 aliphatic rings. The van der Waals surface area contributed by atoms with Crippen molar-refractivity contribution in [1.82, 2.24) is 20.2 Å². The minimum Gasteiger partial charge on any atom is -0.481 e. The van der Waals surface area contributed by atoms with Gasteiger partial charge in [-0.15, -0.1) is 5.10 Å². The van der Waals surface area contributed by atoms with Crippen LogP contribution in [-0.2, 0) is 21.7 Å². The van der Waals surface area contributed by atoms with Gasteiger partial charge in [-0.3, -0.25) is 4.79 Å². The molecule has 0 saturated carbocycles. The second-order valence-corrected chi connectivity index (χ2v) is 5.64. The van der Waals surface area contributed by atoms with E-state index in [1.165, 1.54) is 0 Å². The highest BCUT2D eigenvalue weighted by atomic mass is 16.5. The lowest BCUT2D eigenvalue weighted by atomic mass is 9.96. The lowest BCUT2D eigenvalue weighted by Gasteiger charge is -2.26. The van der Waals surface area contributed by atoms with Gasteiger partial charge in [0.25, 0.3) is 0 Å². The number of methoxy groups -OCH3 is 1. The molecule has 20 heavy (non-hydrogen) atoms. The number of ether oxygens (including phenoxy) is 1. The SMILES string of the molecule is CCC(C)(OC)c1nnnn1CC(CC(C)C)C(=O)O. The molecule has 2 atom stereocenters. The Morgan fingerprint density at radius 2 is 2.15 bits per heavy atom. The number of aliphatic carboxylic acids is 1.